The second kappa shape index (κ2) is 7.79. The first-order valence-corrected chi connectivity index (χ1v) is 6.61. The number of urea groups is 1. The predicted octanol–water partition coefficient (Wildman–Crippen LogP) is -1.63. The summed E-state index contributed by atoms with van der Waals surface area (Å²) in [6.07, 6.45) is -0.889. The molecule has 0 saturated carbocycles. The Morgan fingerprint density at radius 2 is 2.10 bits per heavy atom. The van der Waals surface area contributed by atoms with E-state index in [1.807, 2.05) is 0 Å². The maximum absolute atomic E-state index is 12.0. The van der Waals surface area contributed by atoms with Crippen molar-refractivity contribution in [3.63, 3.8) is 0 Å². The van der Waals surface area contributed by atoms with Gasteiger partial charge in [-0.1, -0.05) is 0 Å². The number of carboxylic acid groups (broad SMARTS) is 1. The Kier molecular flexibility index (Phi) is 6.38. The molecule has 0 aromatic heterocycles. The van der Waals surface area contributed by atoms with Gasteiger partial charge in [-0.3, -0.25) is 4.79 Å². The molecule has 4 N–H and O–H groups in total. The number of nitrogens with one attached hydrogen (secondary N) is 2. The molecule has 2 unspecified atom stereocenters. The average Bonchev–Trinajstić information content (AvgIpc) is 2.81. The number of amides is 3. The summed E-state index contributed by atoms with van der Waals surface area (Å²) >= 11 is 0. The Hall–Kier alpha value is -1.87. The van der Waals surface area contributed by atoms with Crippen molar-refractivity contribution in [2.24, 2.45) is 0 Å². The maximum Gasteiger partial charge on any atom is 0.326 e. The summed E-state index contributed by atoms with van der Waals surface area (Å²) in [5, 5.41) is 23.5. The Bertz CT molecular complexity index is 402. The first-order chi connectivity index (χ1) is 9.86. The number of aliphatic carboxylic acids is 1. The molecule has 9 nitrogen and oxygen atoms in total. The minimum Gasteiger partial charge on any atom is -0.480 e. The Labute approximate surface area is 122 Å². The fourth-order valence-electron chi connectivity index (χ4n) is 2.04. The van der Waals surface area contributed by atoms with Crippen LogP contribution in [-0.2, 0) is 14.3 Å². The zero-order valence-corrected chi connectivity index (χ0v) is 12.0. The van der Waals surface area contributed by atoms with E-state index in [1.165, 1.54) is 14.0 Å². The number of carbonyl (C=O) groups is 3. The monoisotopic (exact) mass is 303 g/mol. The van der Waals surface area contributed by atoms with Gasteiger partial charge in [-0.25, -0.2) is 9.59 Å². The van der Waals surface area contributed by atoms with E-state index in [1.54, 1.807) is 0 Å². The lowest BCUT2D eigenvalue weighted by Crippen LogP contribution is -2.52. The van der Waals surface area contributed by atoms with Crippen LogP contribution in [0, 0.1) is 0 Å². The molecule has 0 spiro atoms. The highest BCUT2D eigenvalue weighted by atomic mass is 16.5. The molecule has 3 amide bonds. The number of likely N-dealkylation sites (tertiary alicyclic amines) is 1. The fourth-order valence-corrected chi connectivity index (χ4v) is 2.04. The molecule has 3 atom stereocenters. The van der Waals surface area contributed by atoms with Gasteiger partial charge >= 0.3 is 12.0 Å². The van der Waals surface area contributed by atoms with Gasteiger partial charge in [0.25, 0.3) is 0 Å². The minimum absolute atomic E-state index is 0.0167. The van der Waals surface area contributed by atoms with Gasteiger partial charge in [0.05, 0.1) is 12.7 Å². The fraction of sp³-hybridized carbons (Fsp3) is 0.750. The number of ether oxygens (including phenoxy) is 1. The highest BCUT2D eigenvalue weighted by molar-refractivity contribution is 5.88. The van der Waals surface area contributed by atoms with Gasteiger partial charge in [-0.05, 0) is 6.92 Å². The number of aliphatic hydroxyl groups is 1. The van der Waals surface area contributed by atoms with Crippen molar-refractivity contribution >= 4 is 17.9 Å². The molecule has 21 heavy (non-hydrogen) atoms. The zero-order valence-electron chi connectivity index (χ0n) is 12.0. The molecule has 1 saturated heterocycles. The molecule has 1 aliphatic rings. The molecule has 1 heterocycles. The molecular formula is C12H21N3O6. The molecule has 120 valence electrons. The van der Waals surface area contributed by atoms with Crippen molar-refractivity contribution in [3.05, 3.63) is 0 Å². The number of β-amino-alcohol motifs (C(OH)–C–C–N with tert-alkyl or cyclic N) is 1. The van der Waals surface area contributed by atoms with Crippen LogP contribution in [0.25, 0.3) is 0 Å². The average molecular weight is 303 g/mol. The van der Waals surface area contributed by atoms with E-state index in [0.29, 0.717) is 13.2 Å². The second-order valence-corrected chi connectivity index (χ2v) is 4.85. The number of carboxylic acids is 1. The number of carbonyl (C=O) groups excluding carboxylic acids is 2. The third kappa shape index (κ3) is 4.87. The van der Waals surface area contributed by atoms with Crippen LogP contribution in [0.15, 0.2) is 0 Å². The van der Waals surface area contributed by atoms with Gasteiger partial charge in [0, 0.05) is 26.6 Å². The lowest BCUT2D eigenvalue weighted by atomic mass is 10.2. The minimum atomic E-state index is -1.18. The van der Waals surface area contributed by atoms with E-state index in [2.05, 4.69) is 10.6 Å². The number of hydrogen-bond donors (Lipinski definition) is 4. The van der Waals surface area contributed by atoms with E-state index in [-0.39, 0.29) is 13.0 Å². The van der Waals surface area contributed by atoms with Crippen LogP contribution in [0.1, 0.15) is 13.3 Å². The molecule has 1 fully saturated rings. The van der Waals surface area contributed by atoms with Crippen LogP contribution < -0.4 is 10.6 Å². The summed E-state index contributed by atoms with van der Waals surface area (Å²) in [5.41, 5.74) is 0. The van der Waals surface area contributed by atoms with Gasteiger partial charge in [0.15, 0.2) is 0 Å². The normalized spacial score (nSPS) is 22.7. The number of methoxy groups -OCH3 is 1. The summed E-state index contributed by atoms with van der Waals surface area (Å²) in [7, 11) is 1.50. The van der Waals surface area contributed by atoms with Crippen molar-refractivity contribution < 1.29 is 29.3 Å². The maximum atomic E-state index is 12.0. The number of aliphatic hydroxyl groups excluding tert-OH is 1. The Morgan fingerprint density at radius 1 is 1.43 bits per heavy atom. The summed E-state index contributed by atoms with van der Waals surface area (Å²) < 4.78 is 4.78. The van der Waals surface area contributed by atoms with Crippen LogP contribution >= 0.6 is 0 Å². The van der Waals surface area contributed by atoms with Crippen molar-refractivity contribution in [1.29, 1.82) is 0 Å². The SMILES string of the molecule is COCCNC(=O)C(C)NC(=O)N1CC(O)C[C@H]1C(=O)O. The summed E-state index contributed by atoms with van der Waals surface area (Å²) in [6.45, 7) is 2.09. The number of hydrogen-bond acceptors (Lipinski definition) is 5. The molecule has 0 aliphatic carbocycles. The lowest BCUT2D eigenvalue weighted by Gasteiger charge is -2.23. The van der Waals surface area contributed by atoms with Crippen LogP contribution in [0.2, 0.25) is 0 Å². The summed E-state index contributed by atoms with van der Waals surface area (Å²) in [5.74, 6) is -1.58. The van der Waals surface area contributed by atoms with Gasteiger partial charge in [-0.15, -0.1) is 0 Å². The first-order valence-electron chi connectivity index (χ1n) is 6.61. The lowest BCUT2D eigenvalue weighted by molar-refractivity contribution is -0.141. The molecule has 0 aromatic carbocycles. The summed E-state index contributed by atoms with van der Waals surface area (Å²) in [6, 6.07) is -2.58. The van der Waals surface area contributed by atoms with Crippen molar-refractivity contribution in [2.75, 3.05) is 26.8 Å². The number of rotatable bonds is 6. The van der Waals surface area contributed by atoms with E-state index in [4.69, 9.17) is 9.84 Å². The van der Waals surface area contributed by atoms with Crippen LogP contribution in [0.5, 0.6) is 0 Å². The molecule has 9 heteroatoms. The van der Waals surface area contributed by atoms with Gasteiger partial charge in [0.2, 0.25) is 5.91 Å². The van der Waals surface area contributed by atoms with E-state index in [9.17, 15) is 19.5 Å². The second-order valence-electron chi connectivity index (χ2n) is 4.85. The molecule has 1 rings (SSSR count). The molecular weight excluding hydrogens is 282 g/mol. The molecule has 0 bridgehead atoms. The number of nitrogens with zero attached hydrogens (tertiary/aromatic N) is 1. The zero-order chi connectivity index (χ0) is 16.0. The quantitative estimate of drug-likeness (QED) is 0.436. The molecule has 0 aromatic rings. The molecule has 0 radical (unpaired) electrons. The smallest absolute Gasteiger partial charge is 0.326 e. The van der Waals surface area contributed by atoms with Crippen LogP contribution in [0.4, 0.5) is 4.79 Å². The van der Waals surface area contributed by atoms with Gasteiger partial charge < -0.3 is 30.5 Å². The summed E-state index contributed by atoms with van der Waals surface area (Å²) in [4.78, 5) is 35.7. The van der Waals surface area contributed by atoms with E-state index in [0.717, 1.165) is 4.90 Å². The van der Waals surface area contributed by atoms with Crippen LogP contribution in [0.3, 0.4) is 0 Å². The van der Waals surface area contributed by atoms with Crippen molar-refractivity contribution in [2.45, 2.75) is 31.5 Å². The predicted molar refractivity (Wildman–Crippen MR) is 71.6 cm³/mol. The standard InChI is InChI=1S/C12H21N3O6/c1-7(10(17)13-3-4-21-2)14-12(20)15-6-8(16)5-9(15)11(18)19/h7-9,16H,3-6H2,1-2H3,(H,13,17)(H,14,20)(H,18,19)/t7?,8?,9-/m0/s1. The van der Waals surface area contributed by atoms with Gasteiger partial charge in [0.1, 0.15) is 12.1 Å². The Morgan fingerprint density at radius 3 is 2.67 bits per heavy atom. The third-order valence-electron chi connectivity index (χ3n) is 3.16. The third-order valence-corrected chi connectivity index (χ3v) is 3.16. The van der Waals surface area contributed by atoms with Crippen molar-refractivity contribution in [1.82, 2.24) is 15.5 Å². The highest BCUT2D eigenvalue weighted by Crippen LogP contribution is 2.18. The molecule has 1 aliphatic heterocycles. The highest BCUT2D eigenvalue weighted by Gasteiger charge is 2.39. The topological polar surface area (TPSA) is 128 Å². The van der Waals surface area contributed by atoms with E-state index < -0.39 is 36.1 Å². The Balaban J connectivity index is 2.51. The van der Waals surface area contributed by atoms with E-state index >= 15 is 0 Å². The van der Waals surface area contributed by atoms with Crippen LogP contribution in [-0.4, -0.2) is 78.0 Å². The van der Waals surface area contributed by atoms with Gasteiger partial charge in [-0.2, -0.15) is 0 Å². The first kappa shape index (κ1) is 17.2. The largest absolute Gasteiger partial charge is 0.480 e. The van der Waals surface area contributed by atoms with Crippen molar-refractivity contribution in [3.8, 4) is 0 Å².